The fourth-order valence-electron chi connectivity index (χ4n) is 2.85. The molecule has 1 aliphatic carbocycles. The van der Waals surface area contributed by atoms with Gasteiger partial charge in [-0.2, -0.15) is 0 Å². The van der Waals surface area contributed by atoms with E-state index >= 15 is 0 Å². The van der Waals surface area contributed by atoms with Gasteiger partial charge in [-0.25, -0.2) is 0 Å². The van der Waals surface area contributed by atoms with E-state index in [-0.39, 0.29) is 5.41 Å². The van der Waals surface area contributed by atoms with Gasteiger partial charge in [0.1, 0.15) is 0 Å². The number of nitrogens with one attached hydrogen (secondary N) is 1. The second-order valence-corrected chi connectivity index (χ2v) is 6.62. The predicted molar refractivity (Wildman–Crippen MR) is 74.3 cm³/mol. The normalized spacial score (nSPS) is 21.0. The van der Waals surface area contributed by atoms with Gasteiger partial charge < -0.3 is 10.1 Å². The molecule has 0 aliphatic heterocycles. The second-order valence-electron chi connectivity index (χ2n) is 6.62. The summed E-state index contributed by atoms with van der Waals surface area (Å²) in [4.78, 5) is 0. The molecule has 0 aromatic rings. The van der Waals surface area contributed by atoms with Crippen molar-refractivity contribution >= 4 is 0 Å². The van der Waals surface area contributed by atoms with Crippen molar-refractivity contribution in [1.29, 1.82) is 0 Å². The highest BCUT2D eigenvalue weighted by Crippen LogP contribution is 2.34. The van der Waals surface area contributed by atoms with Crippen LogP contribution in [0.5, 0.6) is 0 Å². The van der Waals surface area contributed by atoms with Gasteiger partial charge in [-0.3, -0.25) is 0 Å². The summed E-state index contributed by atoms with van der Waals surface area (Å²) in [6.07, 6.45) is 7.07. The van der Waals surface area contributed by atoms with Crippen LogP contribution in [0.3, 0.4) is 0 Å². The molecule has 1 aliphatic rings. The average molecular weight is 241 g/mol. The van der Waals surface area contributed by atoms with Crippen molar-refractivity contribution in [2.45, 2.75) is 71.9 Å². The highest BCUT2D eigenvalue weighted by atomic mass is 16.5. The van der Waals surface area contributed by atoms with E-state index < -0.39 is 0 Å². The Kier molecular flexibility index (Phi) is 5.94. The van der Waals surface area contributed by atoms with Gasteiger partial charge in [-0.1, -0.05) is 47.0 Å². The molecule has 2 unspecified atom stereocenters. The highest BCUT2D eigenvalue weighted by molar-refractivity contribution is 4.89. The summed E-state index contributed by atoms with van der Waals surface area (Å²) in [5.41, 5.74) is 0.212. The van der Waals surface area contributed by atoms with Gasteiger partial charge in [0.2, 0.25) is 0 Å². The lowest BCUT2D eigenvalue weighted by Crippen LogP contribution is -2.49. The van der Waals surface area contributed by atoms with Crippen LogP contribution < -0.4 is 5.32 Å². The minimum Gasteiger partial charge on any atom is -0.379 e. The van der Waals surface area contributed by atoms with Crippen LogP contribution >= 0.6 is 0 Å². The lowest BCUT2D eigenvalue weighted by atomic mass is 9.75. The summed E-state index contributed by atoms with van der Waals surface area (Å²) >= 11 is 0. The van der Waals surface area contributed by atoms with Crippen molar-refractivity contribution in [3.05, 3.63) is 0 Å². The van der Waals surface area contributed by atoms with Gasteiger partial charge in [-0.15, -0.1) is 0 Å². The molecule has 0 bridgehead atoms. The Morgan fingerprint density at radius 2 is 1.94 bits per heavy atom. The molecule has 1 rings (SSSR count). The minimum atomic E-state index is 0.212. The largest absolute Gasteiger partial charge is 0.379 e. The number of hydrogen-bond donors (Lipinski definition) is 1. The molecule has 2 nitrogen and oxygen atoms in total. The van der Waals surface area contributed by atoms with Crippen molar-refractivity contribution in [2.24, 2.45) is 11.3 Å². The quantitative estimate of drug-likeness (QED) is 0.735. The van der Waals surface area contributed by atoms with Crippen LogP contribution in [0.25, 0.3) is 0 Å². The molecule has 0 heterocycles. The first-order valence-corrected chi connectivity index (χ1v) is 7.25. The summed E-state index contributed by atoms with van der Waals surface area (Å²) in [7, 11) is 1.86. The van der Waals surface area contributed by atoms with Crippen molar-refractivity contribution in [3.63, 3.8) is 0 Å². The third kappa shape index (κ3) is 4.59. The maximum absolute atomic E-state index is 5.78. The average Bonchev–Trinajstić information content (AvgIpc) is 2.17. The first-order valence-electron chi connectivity index (χ1n) is 7.25. The zero-order valence-electron chi connectivity index (χ0n) is 12.4. The maximum Gasteiger partial charge on any atom is 0.0772 e. The monoisotopic (exact) mass is 241 g/mol. The standard InChI is InChI=1S/C15H31NO/c1-6-10-16-13(11-12-8-7-9-12)14(17-5)15(2,3)4/h12-14,16H,6-11H2,1-5H3. The third-order valence-corrected chi connectivity index (χ3v) is 3.94. The Balaban J connectivity index is 2.57. The van der Waals surface area contributed by atoms with Crippen LogP contribution in [0, 0.1) is 11.3 Å². The van der Waals surface area contributed by atoms with E-state index in [4.69, 9.17) is 4.74 Å². The van der Waals surface area contributed by atoms with Crippen molar-refractivity contribution in [2.75, 3.05) is 13.7 Å². The van der Waals surface area contributed by atoms with Crippen LogP contribution in [0.4, 0.5) is 0 Å². The zero-order valence-corrected chi connectivity index (χ0v) is 12.4. The lowest BCUT2D eigenvalue weighted by molar-refractivity contribution is -0.0198. The molecule has 0 saturated heterocycles. The van der Waals surface area contributed by atoms with Gasteiger partial charge in [0.15, 0.2) is 0 Å². The van der Waals surface area contributed by atoms with E-state index in [0.717, 1.165) is 12.5 Å². The topological polar surface area (TPSA) is 21.3 Å². The van der Waals surface area contributed by atoms with E-state index in [1.165, 1.54) is 32.1 Å². The van der Waals surface area contributed by atoms with E-state index in [1.54, 1.807) is 0 Å². The van der Waals surface area contributed by atoms with E-state index in [0.29, 0.717) is 12.1 Å². The van der Waals surface area contributed by atoms with Gasteiger partial charge in [-0.05, 0) is 30.7 Å². The minimum absolute atomic E-state index is 0.212. The van der Waals surface area contributed by atoms with Crippen molar-refractivity contribution in [3.8, 4) is 0 Å². The number of hydrogen-bond acceptors (Lipinski definition) is 2. The first-order chi connectivity index (χ1) is 7.99. The Labute approximate surface area is 108 Å². The highest BCUT2D eigenvalue weighted by Gasteiger charge is 2.34. The van der Waals surface area contributed by atoms with E-state index in [2.05, 4.69) is 33.0 Å². The third-order valence-electron chi connectivity index (χ3n) is 3.94. The predicted octanol–water partition coefficient (Wildman–Crippen LogP) is 3.61. The Hall–Kier alpha value is -0.0800. The van der Waals surface area contributed by atoms with Crippen LogP contribution in [0.2, 0.25) is 0 Å². The summed E-state index contributed by atoms with van der Waals surface area (Å²) in [5, 5.41) is 3.70. The maximum atomic E-state index is 5.78. The smallest absolute Gasteiger partial charge is 0.0772 e. The number of ether oxygens (including phenoxy) is 1. The summed E-state index contributed by atoms with van der Waals surface area (Å²) < 4.78 is 5.78. The van der Waals surface area contributed by atoms with Crippen LogP contribution in [0.15, 0.2) is 0 Å². The zero-order chi connectivity index (χ0) is 12.9. The van der Waals surface area contributed by atoms with E-state index in [9.17, 15) is 0 Å². The Morgan fingerprint density at radius 1 is 1.29 bits per heavy atom. The molecule has 0 radical (unpaired) electrons. The Morgan fingerprint density at radius 3 is 2.29 bits per heavy atom. The Bertz CT molecular complexity index is 205. The molecule has 1 fully saturated rings. The molecule has 17 heavy (non-hydrogen) atoms. The molecule has 1 N–H and O–H groups in total. The van der Waals surface area contributed by atoms with Gasteiger partial charge in [0, 0.05) is 13.2 Å². The van der Waals surface area contributed by atoms with Gasteiger partial charge in [0.25, 0.3) is 0 Å². The lowest BCUT2D eigenvalue weighted by Gasteiger charge is -2.39. The summed E-state index contributed by atoms with van der Waals surface area (Å²) in [5.74, 6) is 0.935. The second kappa shape index (κ2) is 6.75. The fourth-order valence-corrected chi connectivity index (χ4v) is 2.85. The van der Waals surface area contributed by atoms with Gasteiger partial charge >= 0.3 is 0 Å². The number of rotatable bonds is 7. The summed E-state index contributed by atoms with van der Waals surface area (Å²) in [6.45, 7) is 10.2. The summed E-state index contributed by atoms with van der Waals surface area (Å²) in [6, 6.07) is 0.519. The van der Waals surface area contributed by atoms with Crippen LogP contribution in [-0.4, -0.2) is 25.8 Å². The van der Waals surface area contributed by atoms with Crippen molar-refractivity contribution < 1.29 is 4.74 Å². The molecule has 102 valence electrons. The molecule has 0 amide bonds. The SMILES string of the molecule is CCCNC(CC1CCC1)C(OC)C(C)(C)C. The van der Waals surface area contributed by atoms with Gasteiger partial charge in [0.05, 0.1) is 6.10 Å². The van der Waals surface area contributed by atoms with Crippen molar-refractivity contribution in [1.82, 2.24) is 5.32 Å². The molecule has 1 saturated carbocycles. The molecule has 0 spiro atoms. The van der Waals surface area contributed by atoms with E-state index in [1.807, 2.05) is 7.11 Å². The fraction of sp³-hybridized carbons (Fsp3) is 1.00. The van der Waals surface area contributed by atoms with Crippen LogP contribution in [0.1, 0.15) is 59.8 Å². The molecule has 2 atom stereocenters. The van der Waals surface area contributed by atoms with Crippen LogP contribution in [-0.2, 0) is 4.74 Å². The molecule has 0 aromatic carbocycles. The number of methoxy groups -OCH3 is 1. The molecular weight excluding hydrogens is 210 g/mol. The molecule has 2 heteroatoms. The molecule has 0 aromatic heterocycles. The first kappa shape index (κ1) is 15.0. The molecular formula is C15H31NO.